The summed E-state index contributed by atoms with van der Waals surface area (Å²) in [7, 11) is 3.94. The van der Waals surface area contributed by atoms with E-state index in [0.717, 1.165) is 31.8 Å². The summed E-state index contributed by atoms with van der Waals surface area (Å²) >= 11 is 1.71. The Kier molecular flexibility index (Phi) is 6.89. The number of aromatic nitrogens is 1. The van der Waals surface area contributed by atoms with Crippen molar-refractivity contribution in [3.05, 3.63) is 41.8 Å². The lowest BCUT2D eigenvalue weighted by atomic mass is 10.2. The molecule has 1 aromatic carbocycles. The molecule has 0 saturated heterocycles. The van der Waals surface area contributed by atoms with Crippen molar-refractivity contribution in [1.29, 1.82) is 0 Å². The number of aliphatic hydroxyl groups excluding tert-OH is 2. The topological polar surface area (TPSA) is 59.6 Å². The molecular formula is C18H22BrN3O2S. The third kappa shape index (κ3) is 4.36. The number of anilines is 1. The van der Waals surface area contributed by atoms with Gasteiger partial charge in [-0.1, -0.05) is 0 Å². The van der Waals surface area contributed by atoms with Gasteiger partial charge in [-0.05, 0) is 24.3 Å². The molecule has 0 amide bonds. The van der Waals surface area contributed by atoms with Gasteiger partial charge in [0.2, 0.25) is 5.36 Å². The van der Waals surface area contributed by atoms with E-state index in [1.54, 1.807) is 11.3 Å². The molecule has 1 aliphatic carbocycles. The summed E-state index contributed by atoms with van der Waals surface area (Å²) in [5, 5.41) is 19.3. The fourth-order valence-electron chi connectivity index (χ4n) is 2.64. The van der Waals surface area contributed by atoms with Crippen LogP contribution in [0.3, 0.4) is 0 Å². The van der Waals surface area contributed by atoms with Gasteiger partial charge in [0.1, 0.15) is 13.7 Å². The van der Waals surface area contributed by atoms with Crippen LogP contribution in [0.15, 0.2) is 36.4 Å². The van der Waals surface area contributed by atoms with E-state index in [-0.39, 0.29) is 30.2 Å². The Bertz CT molecular complexity index is 897. The number of halogens is 1. The molecule has 0 atom stereocenters. The van der Waals surface area contributed by atoms with Crippen molar-refractivity contribution in [2.75, 3.05) is 45.3 Å². The van der Waals surface area contributed by atoms with Crippen LogP contribution in [-0.2, 0) is 0 Å². The van der Waals surface area contributed by atoms with Gasteiger partial charge in [-0.3, -0.25) is 0 Å². The molecule has 3 rings (SSSR count). The van der Waals surface area contributed by atoms with Gasteiger partial charge >= 0.3 is 0 Å². The summed E-state index contributed by atoms with van der Waals surface area (Å²) in [5.74, 6) is 0. The van der Waals surface area contributed by atoms with E-state index in [1.807, 2.05) is 47.8 Å². The zero-order valence-corrected chi connectivity index (χ0v) is 16.7. The fraction of sp³-hybridized carbons (Fsp3) is 0.333. The van der Waals surface area contributed by atoms with Crippen molar-refractivity contribution in [2.45, 2.75) is 0 Å². The molecule has 0 radical (unpaired) electrons. The maximum absolute atomic E-state index is 9.10. The average Bonchev–Trinajstić information content (AvgIpc) is 2.59. The highest BCUT2D eigenvalue weighted by molar-refractivity contribution is 7.21. The molecule has 1 heterocycles. The van der Waals surface area contributed by atoms with E-state index in [1.165, 1.54) is 0 Å². The van der Waals surface area contributed by atoms with Crippen molar-refractivity contribution >= 4 is 27.2 Å². The van der Waals surface area contributed by atoms with Gasteiger partial charge < -0.3 is 32.1 Å². The Hall–Kier alpha value is -1.54. The van der Waals surface area contributed by atoms with Crippen molar-refractivity contribution < 1.29 is 27.2 Å². The standard InChI is InChI=1S/C18H22N3O2S.BrH/c1-20(7-9-22)13-3-5-15-17(11-13)24-18-12-14(21(2)8-10-23)4-6-16(18)19-15;/h3-6,11-12,22-23H,7-10H2,1-2H3;1H/q+1;/p-1. The molecule has 2 N–H and O–H groups in total. The quantitative estimate of drug-likeness (QED) is 0.376. The van der Waals surface area contributed by atoms with Crippen LogP contribution in [-0.4, -0.2) is 55.6 Å². The minimum atomic E-state index is 0. The Morgan fingerprint density at radius 1 is 1.12 bits per heavy atom. The van der Waals surface area contributed by atoms with Crippen LogP contribution >= 0.6 is 11.3 Å². The highest BCUT2D eigenvalue weighted by atomic mass is 79.9. The molecule has 0 fully saturated rings. The van der Waals surface area contributed by atoms with Gasteiger partial charge in [0, 0.05) is 31.4 Å². The number of hydrogen-bond acceptors (Lipinski definition) is 5. The van der Waals surface area contributed by atoms with Crippen LogP contribution in [0.2, 0.25) is 0 Å². The molecule has 7 heteroatoms. The van der Waals surface area contributed by atoms with Crippen molar-refractivity contribution in [3.8, 4) is 10.6 Å². The molecule has 0 saturated carbocycles. The van der Waals surface area contributed by atoms with E-state index in [0.29, 0.717) is 13.1 Å². The predicted octanol–water partition coefficient (Wildman–Crippen LogP) is -1.77. The van der Waals surface area contributed by atoms with E-state index < -0.39 is 0 Å². The van der Waals surface area contributed by atoms with Gasteiger partial charge in [0.25, 0.3) is 0 Å². The fourth-order valence-corrected chi connectivity index (χ4v) is 3.67. The van der Waals surface area contributed by atoms with Crippen LogP contribution in [0.1, 0.15) is 0 Å². The maximum Gasteiger partial charge on any atom is 0.201 e. The Morgan fingerprint density at radius 3 is 2.64 bits per heavy atom. The number of benzene rings is 2. The number of likely N-dealkylation sites (N-methyl/N-ethyl adjacent to an activating group) is 2. The minimum absolute atomic E-state index is 0. The average molecular weight is 424 g/mol. The Balaban J connectivity index is 0.00000225. The first-order chi connectivity index (χ1) is 11.6. The van der Waals surface area contributed by atoms with Crippen molar-refractivity contribution in [3.63, 3.8) is 0 Å². The van der Waals surface area contributed by atoms with E-state index >= 15 is 0 Å². The first-order valence-electron chi connectivity index (χ1n) is 7.94. The molecule has 1 aromatic rings. The largest absolute Gasteiger partial charge is 1.00 e. The maximum atomic E-state index is 9.10. The lowest BCUT2D eigenvalue weighted by Crippen LogP contribution is -3.00. The lowest BCUT2D eigenvalue weighted by molar-refractivity contribution is -0.00000705. The summed E-state index contributed by atoms with van der Waals surface area (Å²) in [5.41, 5.74) is 3.03. The van der Waals surface area contributed by atoms with E-state index in [4.69, 9.17) is 15.2 Å². The normalized spacial score (nSPS) is 12.2. The lowest BCUT2D eigenvalue weighted by Gasteiger charge is -2.18. The SMILES string of the molecule is CN(CCO)c1ccc2nc3ccc(=[N+](C)CCO)cc-3sc2c1.[Br-]. The molecular weight excluding hydrogens is 402 g/mol. The molecule has 2 aliphatic rings. The van der Waals surface area contributed by atoms with Crippen molar-refractivity contribution in [1.82, 2.24) is 9.56 Å². The van der Waals surface area contributed by atoms with E-state index in [2.05, 4.69) is 12.1 Å². The zero-order chi connectivity index (χ0) is 17.1. The summed E-state index contributed by atoms with van der Waals surface area (Å²) < 4.78 is 3.15. The van der Waals surface area contributed by atoms with Gasteiger partial charge in [0.15, 0.2) is 6.54 Å². The second-order valence-corrected chi connectivity index (χ2v) is 6.89. The summed E-state index contributed by atoms with van der Waals surface area (Å²) in [6.07, 6.45) is 0. The number of aliphatic hydroxyl groups is 2. The smallest absolute Gasteiger partial charge is 0.201 e. The zero-order valence-electron chi connectivity index (χ0n) is 14.3. The third-order valence-electron chi connectivity index (χ3n) is 4.10. The van der Waals surface area contributed by atoms with Crippen LogP contribution in [0.5, 0.6) is 0 Å². The monoisotopic (exact) mass is 423 g/mol. The summed E-state index contributed by atoms with van der Waals surface area (Å²) in [4.78, 5) is 7.89. The molecule has 1 aliphatic heterocycles. The van der Waals surface area contributed by atoms with Crippen LogP contribution in [0, 0.1) is 0 Å². The number of fused-ring (bicyclic) bond motifs is 2. The highest BCUT2D eigenvalue weighted by Gasteiger charge is 2.10. The summed E-state index contributed by atoms with van der Waals surface area (Å²) in [6.45, 7) is 1.48. The van der Waals surface area contributed by atoms with Crippen molar-refractivity contribution in [2.24, 2.45) is 0 Å². The van der Waals surface area contributed by atoms with Crippen LogP contribution < -0.4 is 31.8 Å². The molecule has 134 valence electrons. The van der Waals surface area contributed by atoms with Crippen LogP contribution in [0.4, 0.5) is 5.69 Å². The van der Waals surface area contributed by atoms with Gasteiger partial charge in [0.05, 0.1) is 27.4 Å². The van der Waals surface area contributed by atoms with Gasteiger partial charge in [-0.25, -0.2) is 9.56 Å². The molecule has 0 aromatic heterocycles. The molecule has 0 unspecified atom stereocenters. The van der Waals surface area contributed by atoms with Gasteiger partial charge in [-0.2, -0.15) is 0 Å². The van der Waals surface area contributed by atoms with Gasteiger partial charge in [-0.15, -0.1) is 11.3 Å². The minimum Gasteiger partial charge on any atom is -1.00 e. The number of hydrogen-bond donors (Lipinski definition) is 2. The molecule has 0 spiro atoms. The third-order valence-corrected chi connectivity index (χ3v) is 5.19. The number of nitrogens with zero attached hydrogens (tertiary/aromatic N) is 3. The van der Waals surface area contributed by atoms with E-state index in [9.17, 15) is 0 Å². The molecule has 25 heavy (non-hydrogen) atoms. The Morgan fingerprint density at radius 2 is 1.92 bits per heavy atom. The number of rotatable bonds is 5. The second-order valence-electron chi connectivity index (χ2n) is 5.81. The highest BCUT2D eigenvalue weighted by Crippen LogP contribution is 2.31. The predicted molar refractivity (Wildman–Crippen MR) is 99.7 cm³/mol. The molecule has 0 bridgehead atoms. The Labute approximate surface area is 161 Å². The first kappa shape index (κ1) is 19.8. The second kappa shape index (κ2) is 8.71. The summed E-state index contributed by atoms with van der Waals surface area (Å²) in [6, 6.07) is 12.4. The van der Waals surface area contributed by atoms with Crippen LogP contribution in [0.25, 0.3) is 20.8 Å². The molecule has 5 nitrogen and oxygen atoms in total. The first-order valence-corrected chi connectivity index (χ1v) is 8.75.